The SMILES string of the molecule is OCCCc1ccc(CCCO)o1. The van der Waals surface area contributed by atoms with Gasteiger partial charge in [-0.2, -0.15) is 0 Å². The fourth-order valence-corrected chi connectivity index (χ4v) is 1.20. The highest BCUT2D eigenvalue weighted by atomic mass is 16.3. The predicted molar refractivity (Wildman–Crippen MR) is 49.5 cm³/mol. The number of rotatable bonds is 6. The van der Waals surface area contributed by atoms with Crippen LogP contribution in [0.25, 0.3) is 0 Å². The predicted octanol–water partition coefficient (Wildman–Crippen LogP) is 1.13. The summed E-state index contributed by atoms with van der Waals surface area (Å²) in [6.07, 6.45) is 3.06. The van der Waals surface area contributed by atoms with E-state index in [4.69, 9.17) is 14.6 Å². The molecule has 1 rings (SSSR count). The molecule has 0 amide bonds. The van der Waals surface area contributed by atoms with Gasteiger partial charge in [-0.3, -0.25) is 0 Å². The Balaban J connectivity index is 2.34. The van der Waals surface area contributed by atoms with Gasteiger partial charge in [0, 0.05) is 26.1 Å². The van der Waals surface area contributed by atoms with Crippen LogP contribution in [0.2, 0.25) is 0 Å². The zero-order valence-corrected chi connectivity index (χ0v) is 7.70. The van der Waals surface area contributed by atoms with E-state index in [1.807, 2.05) is 12.1 Å². The largest absolute Gasteiger partial charge is 0.466 e. The van der Waals surface area contributed by atoms with Gasteiger partial charge in [-0.05, 0) is 25.0 Å². The zero-order valence-electron chi connectivity index (χ0n) is 7.70. The molecule has 0 saturated heterocycles. The zero-order chi connectivity index (χ0) is 9.52. The summed E-state index contributed by atoms with van der Waals surface area (Å²) in [5.74, 6) is 1.84. The van der Waals surface area contributed by atoms with Gasteiger partial charge < -0.3 is 14.6 Å². The van der Waals surface area contributed by atoms with Gasteiger partial charge >= 0.3 is 0 Å². The minimum atomic E-state index is 0.201. The lowest BCUT2D eigenvalue weighted by Crippen LogP contribution is -1.88. The van der Waals surface area contributed by atoms with Crippen LogP contribution >= 0.6 is 0 Å². The lowest BCUT2D eigenvalue weighted by atomic mass is 10.2. The second-order valence-corrected chi connectivity index (χ2v) is 3.02. The van der Waals surface area contributed by atoms with Gasteiger partial charge in [-0.15, -0.1) is 0 Å². The monoisotopic (exact) mass is 184 g/mol. The van der Waals surface area contributed by atoms with E-state index >= 15 is 0 Å². The molecular formula is C10H16O3. The van der Waals surface area contributed by atoms with Crippen LogP contribution in [-0.4, -0.2) is 23.4 Å². The maximum absolute atomic E-state index is 8.60. The first kappa shape index (κ1) is 10.3. The minimum absolute atomic E-state index is 0.201. The Morgan fingerprint density at radius 1 is 0.923 bits per heavy atom. The Labute approximate surface area is 78.0 Å². The number of furan rings is 1. The third-order valence-electron chi connectivity index (χ3n) is 1.88. The molecule has 0 saturated carbocycles. The summed E-state index contributed by atoms with van der Waals surface area (Å²) < 4.78 is 5.47. The molecule has 74 valence electrons. The summed E-state index contributed by atoms with van der Waals surface area (Å²) in [6, 6.07) is 3.87. The second kappa shape index (κ2) is 5.78. The Bertz CT molecular complexity index is 207. The summed E-state index contributed by atoms with van der Waals surface area (Å²) >= 11 is 0. The van der Waals surface area contributed by atoms with Crippen LogP contribution in [0, 0.1) is 0 Å². The van der Waals surface area contributed by atoms with Gasteiger partial charge in [0.2, 0.25) is 0 Å². The van der Waals surface area contributed by atoms with Crippen LogP contribution in [0.4, 0.5) is 0 Å². The molecule has 1 heterocycles. The molecule has 0 aromatic carbocycles. The molecule has 0 atom stereocenters. The van der Waals surface area contributed by atoms with Crippen molar-refractivity contribution < 1.29 is 14.6 Å². The molecular weight excluding hydrogens is 168 g/mol. The van der Waals surface area contributed by atoms with E-state index in [1.54, 1.807) is 0 Å². The normalized spacial score (nSPS) is 10.6. The highest BCUT2D eigenvalue weighted by molar-refractivity contribution is 5.07. The molecule has 2 N–H and O–H groups in total. The van der Waals surface area contributed by atoms with Crippen LogP contribution in [-0.2, 0) is 12.8 Å². The van der Waals surface area contributed by atoms with E-state index in [1.165, 1.54) is 0 Å². The van der Waals surface area contributed by atoms with Gasteiger partial charge in [0.05, 0.1) is 0 Å². The first-order valence-electron chi connectivity index (χ1n) is 4.66. The number of aliphatic hydroxyl groups is 2. The van der Waals surface area contributed by atoms with E-state index in [0.717, 1.165) is 37.2 Å². The lowest BCUT2D eigenvalue weighted by molar-refractivity contribution is 0.279. The van der Waals surface area contributed by atoms with Crippen molar-refractivity contribution in [1.82, 2.24) is 0 Å². The van der Waals surface area contributed by atoms with E-state index in [-0.39, 0.29) is 13.2 Å². The third-order valence-corrected chi connectivity index (χ3v) is 1.88. The van der Waals surface area contributed by atoms with Crippen molar-refractivity contribution in [3.05, 3.63) is 23.7 Å². The quantitative estimate of drug-likeness (QED) is 0.696. The molecule has 1 aromatic rings. The van der Waals surface area contributed by atoms with Gasteiger partial charge in [-0.25, -0.2) is 0 Å². The first-order valence-corrected chi connectivity index (χ1v) is 4.66. The fraction of sp³-hybridized carbons (Fsp3) is 0.600. The van der Waals surface area contributed by atoms with Crippen molar-refractivity contribution in [2.45, 2.75) is 25.7 Å². The molecule has 0 aliphatic heterocycles. The molecule has 0 aliphatic carbocycles. The van der Waals surface area contributed by atoms with Crippen LogP contribution < -0.4 is 0 Å². The number of aliphatic hydroxyl groups excluding tert-OH is 2. The van der Waals surface area contributed by atoms with E-state index in [2.05, 4.69) is 0 Å². The number of hydrogen-bond donors (Lipinski definition) is 2. The van der Waals surface area contributed by atoms with Gasteiger partial charge in [0.25, 0.3) is 0 Å². The summed E-state index contributed by atoms with van der Waals surface area (Å²) in [7, 11) is 0. The number of aryl methyl sites for hydroxylation is 2. The maximum atomic E-state index is 8.60. The minimum Gasteiger partial charge on any atom is -0.466 e. The van der Waals surface area contributed by atoms with Crippen molar-refractivity contribution in [2.24, 2.45) is 0 Å². The molecule has 3 nitrogen and oxygen atoms in total. The van der Waals surface area contributed by atoms with Crippen molar-refractivity contribution in [3.63, 3.8) is 0 Å². The van der Waals surface area contributed by atoms with E-state index < -0.39 is 0 Å². The highest BCUT2D eigenvalue weighted by Crippen LogP contribution is 2.11. The topological polar surface area (TPSA) is 53.6 Å². The molecule has 0 unspecified atom stereocenters. The smallest absolute Gasteiger partial charge is 0.104 e. The Morgan fingerprint density at radius 2 is 1.38 bits per heavy atom. The molecule has 0 fully saturated rings. The van der Waals surface area contributed by atoms with Crippen molar-refractivity contribution in [2.75, 3.05) is 13.2 Å². The fourth-order valence-electron chi connectivity index (χ4n) is 1.20. The average molecular weight is 184 g/mol. The van der Waals surface area contributed by atoms with E-state index in [9.17, 15) is 0 Å². The van der Waals surface area contributed by atoms with Crippen LogP contribution in [0.1, 0.15) is 24.4 Å². The molecule has 0 spiro atoms. The van der Waals surface area contributed by atoms with Gasteiger partial charge in [0.15, 0.2) is 0 Å². The first-order chi connectivity index (χ1) is 6.36. The van der Waals surface area contributed by atoms with Crippen molar-refractivity contribution in [3.8, 4) is 0 Å². The van der Waals surface area contributed by atoms with Gasteiger partial charge in [0.1, 0.15) is 11.5 Å². The van der Waals surface area contributed by atoms with Crippen LogP contribution in [0.15, 0.2) is 16.5 Å². The van der Waals surface area contributed by atoms with Gasteiger partial charge in [-0.1, -0.05) is 0 Å². The molecule has 3 heteroatoms. The van der Waals surface area contributed by atoms with Crippen molar-refractivity contribution >= 4 is 0 Å². The summed E-state index contributed by atoms with van der Waals surface area (Å²) in [6.45, 7) is 0.402. The second-order valence-electron chi connectivity index (χ2n) is 3.02. The standard InChI is InChI=1S/C10H16O3/c11-7-1-3-9-5-6-10(13-9)4-2-8-12/h5-6,11-12H,1-4,7-8H2. The van der Waals surface area contributed by atoms with E-state index in [0.29, 0.717) is 0 Å². The maximum Gasteiger partial charge on any atom is 0.104 e. The molecule has 0 radical (unpaired) electrons. The third kappa shape index (κ3) is 3.61. The summed E-state index contributed by atoms with van der Waals surface area (Å²) in [4.78, 5) is 0. The van der Waals surface area contributed by atoms with Crippen LogP contribution in [0.5, 0.6) is 0 Å². The molecule has 13 heavy (non-hydrogen) atoms. The Kier molecular flexibility index (Phi) is 4.57. The Hall–Kier alpha value is -0.800. The highest BCUT2D eigenvalue weighted by Gasteiger charge is 2.00. The van der Waals surface area contributed by atoms with Crippen molar-refractivity contribution in [1.29, 1.82) is 0 Å². The Morgan fingerprint density at radius 3 is 1.77 bits per heavy atom. The molecule has 1 aromatic heterocycles. The van der Waals surface area contributed by atoms with Crippen LogP contribution in [0.3, 0.4) is 0 Å². The summed E-state index contributed by atoms with van der Waals surface area (Å²) in [5.41, 5.74) is 0. The number of hydrogen-bond acceptors (Lipinski definition) is 3. The summed E-state index contributed by atoms with van der Waals surface area (Å²) in [5, 5.41) is 17.2. The molecule has 0 bridgehead atoms. The molecule has 0 aliphatic rings. The average Bonchev–Trinajstić information content (AvgIpc) is 2.59. The lowest BCUT2D eigenvalue weighted by Gasteiger charge is -1.94.